The lowest BCUT2D eigenvalue weighted by Gasteiger charge is -2.10. The minimum atomic E-state index is -0.415. The van der Waals surface area contributed by atoms with Gasteiger partial charge in [0, 0.05) is 5.69 Å². The number of carbonyl (C=O) groups is 3. The van der Waals surface area contributed by atoms with Gasteiger partial charge >= 0.3 is 5.97 Å². The van der Waals surface area contributed by atoms with E-state index < -0.39 is 5.97 Å². The standard InChI is InChI=1S/C19H19NO5/c1-13(2)25-19(23)14-7-9-16(10-8-14)20-18(22)12-24-17-6-4-3-5-15(17)11-21/h3-11,13H,12H2,1-2H3,(H,20,22). The molecule has 0 spiro atoms. The normalized spacial score (nSPS) is 10.2. The lowest BCUT2D eigenvalue weighted by molar-refractivity contribution is -0.118. The van der Waals surface area contributed by atoms with E-state index in [9.17, 15) is 14.4 Å². The first kappa shape index (κ1) is 18.2. The van der Waals surface area contributed by atoms with Gasteiger partial charge in [0.25, 0.3) is 5.91 Å². The molecule has 2 rings (SSSR count). The highest BCUT2D eigenvalue weighted by atomic mass is 16.5. The Labute approximate surface area is 145 Å². The van der Waals surface area contributed by atoms with Crippen LogP contribution in [0.25, 0.3) is 0 Å². The third-order valence-electron chi connectivity index (χ3n) is 3.15. The maximum Gasteiger partial charge on any atom is 0.338 e. The van der Waals surface area contributed by atoms with Crippen molar-refractivity contribution < 1.29 is 23.9 Å². The number of nitrogens with one attached hydrogen (secondary N) is 1. The number of esters is 1. The Morgan fingerprint density at radius 1 is 1.08 bits per heavy atom. The summed E-state index contributed by atoms with van der Waals surface area (Å²) in [6.45, 7) is 3.31. The zero-order valence-electron chi connectivity index (χ0n) is 14.0. The first-order valence-corrected chi connectivity index (χ1v) is 7.77. The number of anilines is 1. The van der Waals surface area contributed by atoms with Crippen molar-refractivity contribution in [2.24, 2.45) is 0 Å². The molecule has 0 fully saturated rings. The second-order valence-corrected chi connectivity index (χ2v) is 5.52. The van der Waals surface area contributed by atoms with Crippen molar-refractivity contribution in [1.82, 2.24) is 0 Å². The van der Waals surface area contributed by atoms with Gasteiger partial charge in [-0.05, 0) is 50.2 Å². The van der Waals surface area contributed by atoms with Crippen LogP contribution in [0.1, 0.15) is 34.6 Å². The Kier molecular flexibility index (Phi) is 6.28. The van der Waals surface area contributed by atoms with Crippen LogP contribution in [0.2, 0.25) is 0 Å². The average Bonchev–Trinajstić information content (AvgIpc) is 2.60. The van der Waals surface area contributed by atoms with Gasteiger partial charge in [-0.2, -0.15) is 0 Å². The molecule has 0 atom stereocenters. The van der Waals surface area contributed by atoms with Crippen LogP contribution in [0.3, 0.4) is 0 Å². The molecule has 6 nitrogen and oxygen atoms in total. The number of amides is 1. The summed E-state index contributed by atoms with van der Waals surface area (Å²) in [5.74, 6) is -0.445. The molecule has 130 valence electrons. The summed E-state index contributed by atoms with van der Waals surface area (Å²) in [6, 6.07) is 13.0. The molecule has 25 heavy (non-hydrogen) atoms. The van der Waals surface area contributed by atoms with Gasteiger partial charge < -0.3 is 14.8 Å². The summed E-state index contributed by atoms with van der Waals surface area (Å²) in [4.78, 5) is 34.6. The van der Waals surface area contributed by atoms with Crippen LogP contribution in [-0.2, 0) is 9.53 Å². The maximum atomic E-state index is 11.9. The molecule has 0 bridgehead atoms. The zero-order chi connectivity index (χ0) is 18.2. The molecule has 0 aliphatic carbocycles. The second kappa shape index (κ2) is 8.63. The molecular formula is C19H19NO5. The SMILES string of the molecule is CC(C)OC(=O)c1ccc(NC(=O)COc2ccccc2C=O)cc1. The van der Waals surface area contributed by atoms with E-state index in [2.05, 4.69) is 5.32 Å². The largest absolute Gasteiger partial charge is 0.483 e. The highest BCUT2D eigenvalue weighted by Gasteiger charge is 2.10. The monoisotopic (exact) mass is 341 g/mol. The third-order valence-corrected chi connectivity index (χ3v) is 3.15. The number of carbonyl (C=O) groups excluding carboxylic acids is 3. The van der Waals surface area contributed by atoms with Crippen molar-refractivity contribution in [1.29, 1.82) is 0 Å². The molecule has 0 saturated heterocycles. The van der Waals surface area contributed by atoms with Gasteiger partial charge in [-0.15, -0.1) is 0 Å². The van der Waals surface area contributed by atoms with Gasteiger partial charge in [-0.3, -0.25) is 9.59 Å². The fraction of sp³-hybridized carbons (Fsp3) is 0.211. The van der Waals surface area contributed by atoms with Crippen LogP contribution in [-0.4, -0.2) is 30.9 Å². The predicted molar refractivity (Wildman–Crippen MR) is 92.9 cm³/mol. The first-order chi connectivity index (χ1) is 12.0. The molecule has 2 aromatic rings. The molecule has 0 aliphatic rings. The van der Waals surface area contributed by atoms with Crippen LogP contribution in [0.4, 0.5) is 5.69 Å². The second-order valence-electron chi connectivity index (χ2n) is 5.52. The van der Waals surface area contributed by atoms with E-state index in [1.165, 1.54) is 0 Å². The van der Waals surface area contributed by atoms with E-state index in [0.717, 1.165) is 0 Å². The number of hydrogen-bond donors (Lipinski definition) is 1. The fourth-order valence-electron chi connectivity index (χ4n) is 2.02. The molecule has 0 unspecified atom stereocenters. The Morgan fingerprint density at radius 3 is 2.40 bits per heavy atom. The molecule has 6 heteroatoms. The Hall–Kier alpha value is -3.15. The summed E-state index contributed by atoms with van der Waals surface area (Å²) in [6.07, 6.45) is 0.473. The summed E-state index contributed by atoms with van der Waals surface area (Å²) in [5.41, 5.74) is 1.31. The highest BCUT2D eigenvalue weighted by Crippen LogP contribution is 2.16. The Balaban J connectivity index is 1.90. The van der Waals surface area contributed by atoms with E-state index in [-0.39, 0.29) is 18.6 Å². The van der Waals surface area contributed by atoms with Crippen LogP contribution in [0.15, 0.2) is 48.5 Å². The third kappa shape index (κ3) is 5.46. The molecule has 0 aromatic heterocycles. The van der Waals surface area contributed by atoms with Gasteiger partial charge in [0.05, 0.1) is 17.2 Å². The molecular weight excluding hydrogens is 322 g/mol. The van der Waals surface area contributed by atoms with Gasteiger partial charge in [-0.25, -0.2) is 4.79 Å². The van der Waals surface area contributed by atoms with Gasteiger partial charge in [-0.1, -0.05) is 12.1 Å². The summed E-state index contributed by atoms with van der Waals surface area (Å²) in [7, 11) is 0. The summed E-state index contributed by atoms with van der Waals surface area (Å²) >= 11 is 0. The minimum Gasteiger partial charge on any atom is -0.483 e. The van der Waals surface area contributed by atoms with Crippen LogP contribution in [0.5, 0.6) is 5.75 Å². The van der Waals surface area contributed by atoms with E-state index in [1.807, 2.05) is 0 Å². The number of aldehydes is 1. The minimum absolute atomic E-state index is 0.196. The summed E-state index contributed by atoms with van der Waals surface area (Å²) < 4.78 is 10.4. The number of benzene rings is 2. The van der Waals surface area contributed by atoms with Crippen molar-refractivity contribution in [2.45, 2.75) is 20.0 Å². The first-order valence-electron chi connectivity index (χ1n) is 7.77. The number of ether oxygens (including phenoxy) is 2. The van der Waals surface area contributed by atoms with Crippen LogP contribution in [0, 0.1) is 0 Å². The molecule has 1 amide bonds. The van der Waals surface area contributed by atoms with E-state index in [4.69, 9.17) is 9.47 Å². The molecule has 1 N–H and O–H groups in total. The number of hydrogen-bond acceptors (Lipinski definition) is 5. The van der Waals surface area contributed by atoms with E-state index >= 15 is 0 Å². The van der Waals surface area contributed by atoms with Crippen molar-refractivity contribution >= 4 is 23.9 Å². The fourth-order valence-corrected chi connectivity index (χ4v) is 2.02. The van der Waals surface area contributed by atoms with E-state index in [1.54, 1.807) is 62.4 Å². The maximum absolute atomic E-state index is 11.9. The molecule has 0 radical (unpaired) electrons. The zero-order valence-corrected chi connectivity index (χ0v) is 14.0. The van der Waals surface area contributed by atoms with Crippen LogP contribution < -0.4 is 10.1 Å². The average molecular weight is 341 g/mol. The molecule has 2 aromatic carbocycles. The van der Waals surface area contributed by atoms with Crippen molar-refractivity contribution in [2.75, 3.05) is 11.9 Å². The van der Waals surface area contributed by atoms with Gasteiger partial charge in [0.1, 0.15) is 5.75 Å². The Bertz CT molecular complexity index is 753. The number of para-hydroxylation sites is 1. The summed E-state index contributed by atoms with van der Waals surface area (Å²) in [5, 5.41) is 2.65. The molecule has 0 saturated carbocycles. The Morgan fingerprint density at radius 2 is 1.76 bits per heavy atom. The highest BCUT2D eigenvalue weighted by molar-refractivity contribution is 5.94. The topological polar surface area (TPSA) is 81.7 Å². The predicted octanol–water partition coefficient (Wildman–Crippen LogP) is 3.08. The lowest BCUT2D eigenvalue weighted by atomic mass is 10.2. The van der Waals surface area contributed by atoms with Crippen molar-refractivity contribution in [3.8, 4) is 5.75 Å². The van der Waals surface area contributed by atoms with Gasteiger partial charge in [0.15, 0.2) is 12.9 Å². The number of rotatable bonds is 7. The quantitative estimate of drug-likeness (QED) is 0.618. The van der Waals surface area contributed by atoms with Crippen molar-refractivity contribution in [3.63, 3.8) is 0 Å². The molecule has 0 aliphatic heterocycles. The lowest BCUT2D eigenvalue weighted by Crippen LogP contribution is -2.20. The van der Waals surface area contributed by atoms with Gasteiger partial charge in [0.2, 0.25) is 0 Å². The van der Waals surface area contributed by atoms with E-state index in [0.29, 0.717) is 28.8 Å². The smallest absolute Gasteiger partial charge is 0.338 e. The van der Waals surface area contributed by atoms with Crippen molar-refractivity contribution in [3.05, 3.63) is 59.7 Å². The molecule has 0 heterocycles. The van der Waals surface area contributed by atoms with Crippen LogP contribution >= 0.6 is 0 Å².